The Labute approximate surface area is 112 Å². The monoisotopic (exact) mass is 307 g/mol. The van der Waals surface area contributed by atoms with Gasteiger partial charge in [-0.2, -0.15) is 5.10 Å². The van der Waals surface area contributed by atoms with Gasteiger partial charge in [0.25, 0.3) is 5.79 Å². The van der Waals surface area contributed by atoms with E-state index in [1.807, 2.05) is 24.3 Å². The second kappa shape index (κ2) is 4.45. The molecule has 0 spiro atoms. The zero-order valence-corrected chi connectivity index (χ0v) is 10.9. The van der Waals surface area contributed by atoms with Crippen molar-refractivity contribution in [2.24, 2.45) is 0 Å². The SMILES string of the molecule is Brc1ccc(C2(Cn3cncn3)OC=CO2)cc1. The predicted molar refractivity (Wildman–Crippen MR) is 67.2 cm³/mol. The minimum atomic E-state index is -0.867. The van der Waals surface area contributed by atoms with Crippen molar-refractivity contribution in [3.8, 4) is 0 Å². The molecule has 0 aliphatic carbocycles. The lowest BCUT2D eigenvalue weighted by Gasteiger charge is -2.27. The van der Waals surface area contributed by atoms with Crippen molar-refractivity contribution in [3.63, 3.8) is 0 Å². The molecule has 0 saturated heterocycles. The highest BCUT2D eigenvalue weighted by atomic mass is 79.9. The van der Waals surface area contributed by atoms with Crippen LogP contribution < -0.4 is 0 Å². The Hall–Kier alpha value is -1.82. The maximum Gasteiger partial charge on any atom is 0.296 e. The molecule has 5 nitrogen and oxygen atoms in total. The number of nitrogens with zero attached hydrogens (tertiary/aromatic N) is 3. The van der Waals surface area contributed by atoms with Crippen LogP contribution in [0.3, 0.4) is 0 Å². The number of ether oxygens (including phenoxy) is 2. The van der Waals surface area contributed by atoms with Gasteiger partial charge in [0.15, 0.2) is 0 Å². The average Bonchev–Trinajstić information content (AvgIpc) is 3.03. The van der Waals surface area contributed by atoms with Gasteiger partial charge in [-0.25, -0.2) is 9.67 Å². The molecule has 0 bridgehead atoms. The fourth-order valence-electron chi connectivity index (χ4n) is 1.84. The van der Waals surface area contributed by atoms with E-state index >= 15 is 0 Å². The maximum absolute atomic E-state index is 5.63. The van der Waals surface area contributed by atoms with Crippen LogP contribution in [-0.4, -0.2) is 14.8 Å². The van der Waals surface area contributed by atoms with Crippen LogP contribution in [0.4, 0.5) is 0 Å². The van der Waals surface area contributed by atoms with Crippen molar-refractivity contribution in [2.45, 2.75) is 12.3 Å². The minimum Gasteiger partial charge on any atom is -0.451 e. The summed E-state index contributed by atoms with van der Waals surface area (Å²) in [5.41, 5.74) is 0.922. The van der Waals surface area contributed by atoms with E-state index in [4.69, 9.17) is 9.47 Å². The molecule has 0 amide bonds. The molecule has 18 heavy (non-hydrogen) atoms. The summed E-state index contributed by atoms with van der Waals surface area (Å²) in [7, 11) is 0. The van der Waals surface area contributed by atoms with Gasteiger partial charge in [-0.3, -0.25) is 0 Å². The summed E-state index contributed by atoms with van der Waals surface area (Å²) in [4.78, 5) is 3.92. The predicted octanol–water partition coefficient (Wildman–Crippen LogP) is 2.41. The average molecular weight is 308 g/mol. The van der Waals surface area contributed by atoms with Gasteiger partial charge in [-0.15, -0.1) is 0 Å². The van der Waals surface area contributed by atoms with Gasteiger partial charge in [0, 0.05) is 10.0 Å². The van der Waals surface area contributed by atoms with Gasteiger partial charge in [-0.05, 0) is 12.1 Å². The van der Waals surface area contributed by atoms with Gasteiger partial charge in [-0.1, -0.05) is 28.1 Å². The molecule has 1 aromatic heterocycles. The van der Waals surface area contributed by atoms with Crippen LogP contribution in [0, 0.1) is 0 Å². The summed E-state index contributed by atoms with van der Waals surface area (Å²) in [6, 6.07) is 7.80. The molecule has 0 N–H and O–H groups in total. The normalized spacial score (nSPS) is 16.3. The highest BCUT2D eigenvalue weighted by Gasteiger charge is 2.39. The summed E-state index contributed by atoms with van der Waals surface area (Å²) >= 11 is 3.41. The standard InChI is InChI=1S/C12H10BrN3O2/c13-11-3-1-10(2-4-11)12(17-5-6-18-12)7-16-9-14-8-15-16/h1-6,8-9H,7H2. The number of benzene rings is 1. The van der Waals surface area contributed by atoms with Crippen molar-refractivity contribution >= 4 is 15.9 Å². The summed E-state index contributed by atoms with van der Waals surface area (Å²) in [6.07, 6.45) is 6.20. The van der Waals surface area contributed by atoms with Crippen LogP contribution in [-0.2, 0) is 21.8 Å². The second-order valence-electron chi connectivity index (χ2n) is 3.86. The molecule has 3 rings (SSSR count). The van der Waals surface area contributed by atoms with E-state index in [0.717, 1.165) is 10.0 Å². The summed E-state index contributed by atoms with van der Waals surface area (Å²) in [6.45, 7) is 0.432. The zero-order valence-electron chi connectivity index (χ0n) is 9.36. The molecule has 2 heterocycles. The molecule has 6 heteroatoms. The first kappa shape index (κ1) is 11.3. The molecular weight excluding hydrogens is 298 g/mol. The molecule has 0 fully saturated rings. The number of rotatable bonds is 3. The van der Waals surface area contributed by atoms with Gasteiger partial charge >= 0.3 is 0 Å². The smallest absolute Gasteiger partial charge is 0.296 e. The molecule has 1 aliphatic heterocycles. The molecular formula is C12H10BrN3O2. The van der Waals surface area contributed by atoms with E-state index in [1.54, 1.807) is 23.5 Å². The maximum atomic E-state index is 5.63. The van der Waals surface area contributed by atoms with Crippen LogP contribution in [0.5, 0.6) is 0 Å². The second-order valence-corrected chi connectivity index (χ2v) is 4.78. The van der Waals surface area contributed by atoms with E-state index in [0.29, 0.717) is 6.54 Å². The Morgan fingerprint density at radius 1 is 1.17 bits per heavy atom. The fraction of sp³-hybridized carbons (Fsp3) is 0.167. The van der Waals surface area contributed by atoms with Gasteiger partial charge < -0.3 is 9.47 Å². The Bertz CT molecular complexity index is 543. The van der Waals surface area contributed by atoms with Crippen molar-refractivity contribution in [1.29, 1.82) is 0 Å². The first-order valence-corrected chi connectivity index (χ1v) is 6.17. The lowest BCUT2D eigenvalue weighted by molar-refractivity contribution is -0.162. The molecule has 1 aliphatic rings. The van der Waals surface area contributed by atoms with Crippen molar-refractivity contribution < 1.29 is 9.47 Å². The Morgan fingerprint density at radius 3 is 2.50 bits per heavy atom. The summed E-state index contributed by atoms with van der Waals surface area (Å²) < 4.78 is 13.9. The quantitative estimate of drug-likeness (QED) is 0.874. The van der Waals surface area contributed by atoms with Crippen LogP contribution >= 0.6 is 15.9 Å². The molecule has 0 unspecified atom stereocenters. The number of aromatic nitrogens is 3. The topological polar surface area (TPSA) is 49.2 Å². The van der Waals surface area contributed by atoms with E-state index in [-0.39, 0.29) is 0 Å². The van der Waals surface area contributed by atoms with Crippen molar-refractivity contribution in [3.05, 3.63) is 59.5 Å². The Balaban J connectivity index is 1.94. The number of halogens is 1. The van der Waals surface area contributed by atoms with Crippen LogP contribution in [0.2, 0.25) is 0 Å². The first-order chi connectivity index (χ1) is 8.78. The Morgan fingerprint density at radius 2 is 1.89 bits per heavy atom. The highest BCUT2D eigenvalue weighted by Crippen LogP contribution is 2.34. The Kier molecular flexibility index (Phi) is 2.79. The lowest BCUT2D eigenvalue weighted by Crippen LogP contribution is -2.32. The van der Waals surface area contributed by atoms with Gasteiger partial charge in [0.2, 0.25) is 0 Å². The highest BCUT2D eigenvalue weighted by molar-refractivity contribution is 9.10. The summed E-state index contributed by atoms with van der Waals surface area (Å²) in [5, 5.41) is 4.08. The molecule has 0 radical (unpaired) electrons. The van der Waals surface area contributed by atoms with Gasteiger partial charge in [0.05, 0.1) is 0 Å². The molecule has 92 valence electrons. The lowest BCUT2D eigenvalue weighted by atomic mass is 10.1. The molecule has 1 aromatic carbocycles. The fourth-order valence-corrected chi connectivity index (χ4v) is 2.10. The third-order valence-electron chi connectivity index (χ3n) is 2.69. The van der Waals surface area contributed by atoms with Crippen LogP contribution in [0.1, 0.15) is 5.56 Å². The van der Waals surface area contributed by atoms with E-state index in [1.165, 1.54) is 6.33 Å². The van der Waals surface area contributed by atoms with Crippen LogP contribution in [0.25, 0.3) is 0 Å². The van der Waals surface area contributed by atoms with Crippen molar-refractivity contribution in [2.75, 3.05) is 0 Å². The largest absolute Gasteiger partial charge is 0.451 e. The van der Waals surface area contributed by atoms with Crippen molar-refractivity contribution in [1.82, 2.24) is 14.8 Å². The van der Waals surface area contributed by atoms with E-state index in [2.05, 4.69) is 26.0 Å². The third kappa shape index (κ3) is 1.99. The zero-order chi connectivity index (χ0) is 12.4. The van der Waals surface area contributed by atoms with Crippen LogP contribution in [0.15, 0.2) is 53.9 Å². The summed E-state index contributed by atoms with van der Waals surface area (Å²) in [5.74, 6) is -0.867. The minimum absolute atomic E-state index is 0.432. The van der Waals surface area contributed by atoms with E-state index in [9.17, 15) is 0 Å². The molecule has 0 saturated carbocycles. The molecule has 2 aromatic rings. The van der Waals surface area contributed by atoms with Gasteiger partial charge in [0.1, 0.15) is 31.7 Å². The number of hydrogen-bond donors (Lipinski definition) is 0. The first-order valence-electron chi connectivity index (χ1n) is 5.38. The van der Waals surface area contributed by atoms with E-state index < -0.39 is 5.79 Å². The molecule has 0 atom stereocenters. The third-order valence-corrected chi connectivity index (χ3v) is 3.22. The number of hydrogen-bond acceptors (Lipinski definition) is 4.